The van der Waals surface area contributed by atoms with Gasteiger partial charge in [0.05, 0.1) is 23.2 Å². The van der Waals surface area contributed by atoms with Crippen molar-refractivity contribution in [1.82, 2.24) is 24.9 Å². The van der Waals surface area contributed by atoms with Gasteiger partial charge in [-0.25, -0.2) is 0 Å². The Kier molecular flexibility index (Phi) is 6.72. The highest BCUT2D eigenvalue weighted by Crippen LogP contribution is 2.33. The number of aromatic nitrogens is 2. The molecule has 3 aliphatic rings. The smallest absolute Gasteiger partial charge is 0.261 e. The van der Waals surface area contributed by atoms with Crippen LogP contribution in [0, 0.1) is 12.8 Å². The first kappa shape index (κ1) is 22.8. The molecule has 3 fully saturated rings. The molecule has 9 heteroatoms. The normalized spacial score (nSPS) is 25.6. The Morgan fingerprint density at radius 1 is 1.18 bits per heavy atom. The Balaban J connectivity index is 1.16. The van der Waals surface area contributed by atoms with E-state index in [1.54, 1.807) is 11.3 Å². The molecule has 0 atom stereocenters. The van der Waals surface area contributed by atoms with E-state index >= 15 is 0 Å². The fourth-order valence-corrected chi connectivity index (χ4v) is 6.57. The van der Waals surface area contributed by atoms with E-state index in [9.17, 15) is 9.59 Å². The first-order valence-electron chi connectivity index (χ1n) is 12.3. The number of amides is 2. The standard InChI is InChI=1S/C24H35N5O3S/c1-16-20-13-21(33-24(20)29(26-16)19-7-11-32-12-8-19)23(31)25-18-5-3-17(4-6-18)14-28-10-9-27(2)22(30)15-28/h13,17-19H,3-12,14-15H2,1-2H3,(H,25,31)/t17-,18-. The number of ether oxygens (including phenoxy) is 1. The number of fused-ring (bicyclic) bond motifs is 1. The summed E-state index contributed by atoms with van der Waals surface area (Å²) < 4.78 is 7.63. The number of carbonyl (C=O) groups excluding carboxylic acids is 2. The predicted octanol–water partition coefficient (Wildman–Crippen LogP) is 2.82. The summed E-state index contributed by atoms with van der Waals surface area (Å²) in [7, 11) is 1.88. The second-order valence-corrected chi connectivity index (χ2v) is 11.0. The topological polar surface area (TPSA) is 79.7 Å². The van der Waals surface area contributed by atoms with Gasteiger partial charge in [0.2, 0.25) is 5.91 Å². The molecule has 2 aromatic rings. The third kappa shape index (κ3) is 4.95. The monoisotopic (exact) mass is 473 g/mol. The van der Waals surface area contributed by atoms with Gasteiger partial charge >= 0.3 is 0 Å². The van der Waals surface area contributed by atoms with Gasteiger partial charge in [-0.15, -0.1) is 11.3 Å². The molecule has 1 N–H and O–H groups in total. The van der Waals surface area contributed by atoms with Crippen molar-refractivity contribution in [3.05, 3.63) is 16.6 Å². The lowest BCUT2D eigenvalue weighted by atomic mass is 9.85. The number of aryl methyl sites for hydroxylation is 1. The van der Waals surface area contributed by atoms with E-state index in [0.717, 1.165) is 92.2 Å². The maximum Gasteiger partial charge on any atom is 0.261 e. The number of nitrogens with zero attached hydrogens (tertiary/aromatic N) is 4. The van der Waals surface area contributed by atoms with Crippen LogP contribution in [-0.2, 0) is 9.53 Å². The van der Waals surface area contributed by atoms with Crippen molar-refractivity contribution in [1.29, 1.82) is 0 Å². The number of thiophene rings is 1. The summed E-state index contributed by atoms with van der Waals surface area (Å²) in [5, 5.41) is 9.15. The van der Waals surface area contributed by atoms with Crippen LogP contribution in [0.25, 0.3) is 10.2 Å². The van der Waals surface area contributed by atoms with E-state index in [1.165, 1.54) is 0 Å². The van der Waals surface area contributed by atoms with Gasteiger partial charge in [-0.1, -0.05) is 0 Å². The summed E-state index contributed by atoms with van der Waals surface area (Å²) in [6.45, 7) is 6.92. The Morgan fingerprint density at radius 2 is 1.94 bits per heavy atom. The van der Waals surface area contributed by atoms with Gasteiger partial charge < -0.3 is 15.0 Å². The van der Waals surface area contributed by atoms with Crippen LogP contribution < -0.4 is 5.32 Å². The fourth-order valence-electron chi connectivity index (χ4n) is 5.43. The van der Waals surface area contributed by atoms with E-state index in [1.807, 2.05) is 24.9 Å². The zero-order valence-corrected chi connectivity index (χ0v) is 20.5. The highest BCUT2D eigenvalue weighted by Gasteiger charge is 2.28. The van der Waals surface area contributed by atoms with E-state index < -0.39 is 0 Å². The molecule has 2 saturated heterocycles. The largest absolute Gasteiger partial charge is 0.381 e. The highest BCUT2D eigenvalue weighted by atomic mass is 32.1. The number of likely N-dealkylation sites (N-methyl/N-ethyl adjacent to an activating group) is 1. The molecular formula is C24H35N5O3S. The minimum atomic E-state index is 0.0437. The van der Waals surface area contributed by atoms with Gasteiger partial charge in [0.25, 0.3) is 5.91 Å². The van der Waals surface area contributed by atoms with Crippen LogP contribution in [0.2, 0.25) is 0 Å². The van der Waals surface area contributed by atoms with Crippen molar-refractivity contribution in [2.75, 3.05) is 46.4 Å². The van der Waals surface area contributed by atoms with Crippen LogP contribution in [0.4, 0.5) is 0 Å². The summed E-state index contributed by atoms with van der Waals surface area (Å²) in [5.74, 6) is 0.884. The Bertz CT molecular complexity index is 1000. The predicted molar refractivity (Wildman–Crippen MR) is 129 cm³/mol. The minimum absolute atomic E-state index is 0.0437. The molecule has 4 heterocycles. The number of rotatable bonds is 5. The van der Waals surface area contributed by atoms with Crippen LogP contribution in [-0.4, -0.2) is 83.9 Å². The van der Waals surface area contributed by atoms with Crippen molar-refractivity contribution in [3.8, 4) is 0 Å². The average molecular weight is 474 g/mol. The van der Waals surface area contributed by atoms with E-state index in [4.69, 9.17) is 9.84 Å². The van der Waals surface area contributed by atoms with Gasteiger partial charge in [0.1, 0.15) is 4.83 Å². The van der Waals surface area contributed by atoms with Crippen LogP contribution >= 0.6 is 11.3 Å². The van der Waals surface area contributed by atoms with E-state index in [-0.39, 0.29) is 17.9 Å². The van der Waals surface area contributed by atoms with Crippen molar-refractivity contribution in [3.63, 3.8) is 0 Å². The molecule has 0 radical (unpaired) electrons. The van der Waals surface area contributed by atoms with Gasteiger partial charge in [0, 0.05) is 51.3 Å². The van der Waals surface area contributed by atoms with Crippen molar-refractivity contribution < 1.29 is 14.3 Å². The molecule has 2 aromatic heterocycles. The summed E-state index contributed by atoms with van der Waals surface area (Å²) >= 11 is 1.56. The zero-order chi connectivity index (χ0) is 22.9. The van der Waals surface area contributed by atoms with Crippen molar-refractivity contribution >= 4 is 33.4 Å². The summed E-state index contributed by atoms with van der Waals surface area (Å²) in [5.41, 5.74) is 0.995. The van der Waals surface area contributed by atoms with Gasteiger partial charge in [-0.05, 0) is 57.4 Å². The molecule has 0 unspecified atom stereocenters. The van der Waals surface area contributed by atoms with Crippen LogP contribution in [0.3, 0.4) is 0 Å². The van der Waals surface area contributed by atoms with Crippen LogP contribution in [0.1, 0.15) is 59.9 Å². The molecule has 0 spiro atoms. The summed E-state index contributed by atoms with van der Waals surface area (Å²) in [4.78, 5) is 31.0. The minimum Gasteiger partial charge on any atom is -0.381 e. The Labute approximate surface area is 199 Å². The van der Waals surface area contributed by atoms with Gasteiger partial charge in [0.15, 0.2) is 0 Å². The van der Waals surface area contributed by atoms with Crippen molar-refractivity contribution in [2.45, 2.75) is 57.5 Å². The lowest BCUT2D eigenvalue weighted by Crippen LogP contribution is -2.50. The average Bonchev–Trinajstić information content (AvgIpc) is 3.39. The van der Waals surface area contributed by atoms with Gasteiger partial charge in [-0.2, -0.15) is 5.10 Å². The molecule has 8 nitrogen and oxygen atoms in total. The SMILES string of the molecule is Cc1nn(C2CCOCC2)c2sc(C(=O)N[C@H]3CC[C@H](CN4CCN(C)C(=O)C4)CC3)cc12. The molecule has 0 aromatic carbocycles. The highest BCUT2D eigenvalue weighted by molar-refractivity contribution is 7.20. The molecule has 5 rings (SSSR count). The van der Waals surface area contributed by atoms with E-state index in [2.05, 4.69) is 14.9 Å². The van der Waals surface area contributed by atoms with E-state index in [0.29, 0.717) is 18.5 Å². The fraction of sp³-hybridized carbons (Fsp3) is 0.708. The number of nitrogens with one attached hydrogen (secondary N) is 1. The maximum absolute atomic E-state index is 13.0. The maximum atomic E-state index is 13.0. The molecule has 1 saturated carbocycles. The van der Waals surface area contributed by atoms with Crippen molar-refractivity contribution in [2.24, 2.45) is 5.92 Å². The molecule has 33 heavy (non-hydrogen) atoms. The summed E-state index contributed by atoms with van der Waals surface area (Å²) in [6, 6.07) is 2.61. The molecule has 2 amide bonds. The number of carbonyl (C=O) groups is 2. The lowest BCUT2D eigenvalue weighted by Gasteiger charge is -2.36. The molecule has 0 bridgehead atoms. The third-order valence-electron chi connectivity index (χ3n) is 7.56. The molecular weight excluding hydrogens is 438 g/mol. The Morgan fingerprint density at radius 3 is 2.67 bits per heavy atom. The Hall–Kier alpha value is -1.97. The molecule has 180 valence electrons. The zero-order valence-electron chi connectivity index (χ0n) is 19.7. The molecule has 1 aliphatic carbocycles. The van der Waals surface area contributed by atoms with Crippen LogP contribution in [0.15, 0.2) is 6.07 Å². The number of piperazine rings is 1. The first-order chi connectivity index (χ1) is 16.0. The lowest BCUT2D eigenvalue weighted by molar-refractivity contribution is -0.134. The van der Waals surface area contributed by atoms with Crippen LogP contribution in [0.5, 0.6) is 0 Å². The van der Waals surface area contributed by atoms with Gasteiger partial charge in [-0.3, -0.25) is 19.2 Å². The second kappa shape index (κ2) is 9.72. The third-order valence-corrected chi connectivity index (χ3v) is 8.69. The number of hydrogen-bond acceptors (Lipinski definition) is 6. The number of hydrogen-bond donors (Lipinski definition) is 1. The first-order valence-corrected chi connectivity index (χ1v) is 13.1. The molecule has 2 aliphatic heterocycles. The summed E-state index contributed by atoms with van der Waals surface area (Å²) in [6.07, 6.45) is 6.18. The quantitative estimate of drug-likeness (QED) is 0.722. The second-order valence-electron chi connectivity index (χ2n) is 9.94.